The van der Waals surface area contributed by atoms with Crippen LogP contribution < -0.4 is 0 Å². The molecule has 4 atom stereocenters. The molecular formula is C11H16Cl2. The lowest BCUT2D eigenvalue weighted by Crippen LogP contribution is -2.35. The van der Waals surface area contributed by atoms with Crippen molar-refractivity contribution >= 4 is 23.2 Å². The molecule has 0 aromatic heterocycles. The lowest BCUT2D eigenvalue weighted by atomic mass is 9.79. The van der Waals surface area contributed by atoms with Crippen LogP contribution in [0.15, 0.2) is 11.1 Å². The van der Waals surface area contributed by atoms with Gasteiger partial charge in [-0.2, -0.15) is 0 Å². The molecule has 2 aliphatic rings. The molecule has 2 bridgehead atoms. The number of hydrogen-bond donors (Lipinski definition) is 0. The summed E-state index contributed by atoms with van der Waals surface area (Å²) in [5.74, 6) is 0. The van der Waals surface area contributed by atoms with Gasteiger partial charge in [0.2, 0.25) is 0 Å². The van der Waals surface area contributed by atoms with Crippen LogP contribution in [0.3, 0.4) is 0 Å². The Morgan fingerprint density at radius 2 is 1.31 bits per heavy atom. The molecule has 0 unspecified atom stereocenters. The summed E-state index contributed by atoms with van der Waals surface area (Å²) >= 11 is 12.8. The average molecular weight is 219 g/mol. The highest BCUT2D eigenvalue weighted by molar-refractivity contribution is 6.31. The maximum absolute atomic E-state index is 6.38. The van der Waals surface area contributed by atoms with Crippen LogP contribution in [-0.2, 0) is 0 Å². The Morgan fingerprint density at radius 3 is 1.54 bits per heavy atom. The van der Waals surface area contributed by atoms with E-state index in [1.165, 1.54) is 11.1 Å². The van der Waals surface area contributed by atoms with E-state index in [1.54, 1.807) is 0 Å². The first kappa shape index (κ1) is 9.86. The topological polar surface area (TPSA) is 0 Å². The zero-order chi connectivity index (χ0) is 10.0. The van der Waals surface area contributed by atoms with E-state index in [0.717, 1.165) is 6.42 Å². The molecule has 13 heavy (non-hydrogen) atoms. The Bertz CT molecular complexity index is 266. The SMILES string of the molecule is CC1=C(C)[C@@]2(C)C[C@]1(C)[C@H](Cl)[C@@H]2Cl. The third-order valence-corrected chi connectivity index (χ3v) is 6.08. The molecule has 1 saturated carbocycles. The molecule has 2 aliphatic carbocycles. The van der Waals surface area contributed by atoms with E-state index in [2.05, 4.69) is 27.7 Å². The smallest absolute Gasteiger partial charge is 0.0599 e. The highest BCUT2D eigenvalue weighted by Gasteiger charge is 2.62. The lowest BCUT2D eigenvalue weighted by molar-refractivity contribution is 0.396. The first-order valence-corrected chi connectivity index (χ1v) is 5.68. The van der Waals surface area contributed by atoms with Crippen molar-refractivity contribution in [3.05, 3.63) is 11.1 Å². The van der Waals surface area contributed by atoms with Crippen molar-refractivity contribution in [2.45, 2.75) is 44.9 Å². The minimum atomic E-state index is 0.0999. The molecule has 0 spiro atoms. The van der Waals surface area contributed by atoms with E-state index >= 15 is 0 Å². The van der Waals surface area contributed by atoms with Gasteiger partial charge in [-0.15, -0.1) is 23.2 Å². The van der Waals surface area contributed by atoms with E-state index < -0.39 is 0 Å². The van der Waals surface area contributed by atoms with Gasteiger partial charge >= 0.3 is 0 Å². The number of hydrogen-bond acceptors (Lipinski definition) is 0. The normalized spacial score (nSPS) is 54.9. The zero-order valence-electron chi connectivity index (χ0n) is 8.62. The van der Waals surface area contributed by atoms with E-state index in [0.29, 0.717) is 0 Å². The van der Waals surface area contributed by atoms with Crippen molar-refractivity contribution in [2.75, 3.05) is 0 Å². The van der Waals surface area contributed by atoms with Crippen molar-refractivity contribution in [1.82, 2.24) is 0 Å². The van der Waals surface area contributed by atoms with E-state index in [9.17, 15) is 0 Å². The Labute approximate surface area is 90.3 Å². The van der Waals surface area contributed by atoms with E-state index in [1.807, 2.05) is 0 Å². The molecular weight excluding hydrogens is 203 g/mol. The predicted octanol–water partition coefficient (Wildman–Crippen LogP) is 3.97. The number of allylic oxidation sites excluding steroid dienone is 2. The summed E-state index contributed by atoms with van der Waals surface area (Å²) < 4.78 is 0. The van der Waals surface area contributed by atoms with Gasteiger partial charge in [0.25, 0.3) is 0 Å². The summed E-state index contributed by atoms with van der Waals surface area (Å²) in [6, 6.07) is 0. The summed E-state index contributed by atoms with van der Waals surface area (Å²) in [5, 5.41) is 0.200. The first-order valence-electron chi connectivity index (χ1n) is 4.80. The van der Waals surface area contributed by atoms with Gasteiger partial charge in [0.15, 0.2) is 0 Å². The second kappa shape index (κ2) is 2.46. The molecule has 0 radical (unpaired) electrons. The third kappa shape index (κ3) is 0.894. The Balaban J connectivity index is 2.58. The fourth-order valence-electron chi connectivity index (χ4n) is 3.14. The van der Waals surface area contributed by atoms with Gasteiger partial charge in [0, 0.05) is 10.8 Å². The van der Waals surface area contributed by atoms with Crippen LogP contribution in [0.2, 0.25) is 0 Å². The van der Waals surface area contributed by atoms with Crippen LogP contribution in [0.4, 0.5) is 0 Å². The molecule has 0 heterocycles. The molecule has 0 amide bonds. The number of fused-ring (bicyclic) bond motifs is 2. The second-order valence-electron chi connectivity index (χ2n) is 5.07. The van der Waals surface area contributed by atoms with Crippen molar-refractivity contribution in [3.63, 3.8) is 0 Å². The van der Waals surface area contributed by atoms with Crippen LogP contribution in [0, 0.1) is 10.8 Å². The van der Waals surface area contributed by atoms with Gasteiger partial charge in [0.05, 0.1) is 10.8 Å². The highest BCUT2D eigenvalue weighted by Crippen LogP contribution is 2.66. The third-order valence-electron chi connectivity index (χ3n) is 4.48. The van der Waals surface area contributed by atoms with Gasteiger partial charge in [-0.3, -0.25) is 0 Å². The fourth-order valence-corrected chi connectivity index (χ4v) is 4.18. The van der Waals surface area contributed by atoms with Crippen LogP contribution in [0.1, 0.15) is 34.1 Å². The molecule has 0 aromatic carbocycles. The van der Waals surface area contributed by atoms with Crippen molar-refractivity contribution in [3.8, 4) is 0 Å². The molecule has 74 valence electrons. The van der Waals surface area contributed by atoms with E-state index in [4.69, 9.17) is 23.2 Å². The molecule has 1 fully saturated rings. The Kier molecular flexibility index (Phi) is 1.87. The monoisotopic (exact) mass is 218 g/mol. The van der Waals surface area contributed by atoms with Crippen LogP contribution in [0.5, 0.6) is 0 Å². The van der Waals surface area contributed by atoms with Crippen molar-refractivity contribution in [1.29, 1.82) is 0 Å². The minimum Gasteiger partial charge on any atom is -0.120 e. The molecule has 0 nitrogen and oxygen atoms in total. The van der Waals surface area contributed by atoms with Crippen LogP contribution in [0.25, 0.3) is 0 Å². The summed E-state index contributed by atoms with van der Waals surface area (Å²) in [7, 11) is 0. The van der Waals surface area contributed by atoms with Crippen LogP contribution in [-0.4, -0.2) is 10.8 Å². The van der Waals surface area contributed by atoms with Gasteiger partial charge in [-0.25, -0.2) is 0 Å². The molecule has 0 N–H and O–H groups in total. The van der Waals surface area contributed by atoms with Crippen molar-refractivity contribution < 1.29 is 0 Å². The second-order valence-corrected chi connectivity index (χ2v) is 6.01. The van der Waals surface area contributed by atoms with E-state index in [-0.39, 0.29) is 21.6 Å². The molecule has 0 aromatic rings. The number of halogens is 2. The fraction of sp³-hybridized carbons (Fsp3) is 0.818. The maximum Gasteiger partial charge on any atom is 0.0599 e. The summed E-state index contributed by atoms with van der Waals surface area (Å²) in [5.41, 5.74) is 3.22. The largest absolute Gasteiger partial charge is 0.120 e. The minimum absolute atomic E-state index is 0.0999. The molecule has 2 heteroatoms. The molecule has 2 rings (SSSR count). The highest BCUT2D eigenvalue weighted by atomic mass is 35.5. The Hall–Kier alpha value is 0.320. The van der Waals surface area contributed by atoms with Gasteiger partial charge in [-0.05, 0) is 20.3 Å². The van der Waals surface area contributed by atoms with Crippen LogP contribution >= 0.6 is 23.2 Å². The summed E-state index contributed by atoms with van der Waals surface area (Å²) in [4.78, 5) is 0. The van der Waals surface area contributed by atoms with Gasteiger partial charge in [0.1, 0.15) is 0 Å². The summed E-state index contributed by atoms with van der Waals surface area (Å²) in [6.07, 6.45) is 1.12. The number of rotatable bonds is 0. The van der Waals surface area contributed by atoms with Gasteiger partial charge in [-0.1, -0.05) is 25.0 Å². The predicted molar refractivity (Wildman–Crippen MR) is 58.5 cm³/mol. The quantitative estimate of drug-likeness (QED) is 0.427. The first-order chi connectivity index (χ1) is 5.84. The lowest BCUT2D eigenvalue weighted by Gasteiger charge is -2.35. The standard InChI is InChI=1S/C11H16Cl2/c1-6-7(2)11(4)5-10(6,3)8(12)9(11)13/h8-9H,5H2,1-4H3/t8-,9+,10+,11-. The zero-order valence-corrected chi connectivity index (χ0v) is 10.1. The molecule has 0 saturated heterocycles. The van der Waals surface area contributed by atoms with Crippen molar-refractivity contribution in [2.24, 2.45) is 10.8 Å². The maximum atomic E-state index is 6.38. The van der Waals surface area contributed by atoms with Gasteiger partial charge < -0.3 is 0 Å². The summed E-state index contributed by atoms with van der Waals surface area (Å²) in [6.45, 7) is 8.91. The molecule has 0 aliphatic heterocycles. The average Bonchev–Trinajstić information content (AvgIpc) is 2.36. The number of alkyl halides is 2. The Morgan fingerprint density at radius 1 is 1.00 bits per heavy atom.